The number of nitrogens with two attached hydrogens (primary N) is 1. The zero-order chi connectivity index (χ0) is 12.4. The third-order valence-electron chi connectivity index (χ3n) is 2.57. The van der Waals surface area contributed by atoms with Crippen molar-refractivity contribution < 1.29 is 18.9 Å². The van der Waals surface area contributed by atoms with Crippen molar-refractivity contribution in [3.63, 3.8) is 0 Å². The molecule has 0 aliphatic heterocycles. The van der Waals surface area contributed by atoms with E-state index in [4.69, 9.17) is 24.7 Å². The fraction of sp³-hybridized carbons (Fsp3) is 1.00. The van der Waals surface area contributed by atoms with Gasteiger partial charge >= 0.3 is 0 Å². The van der Waals surface area contributed by atoms with Crippen molar-refractivity contribution in [1.29, 1.82) is 0 Å². The van der Waals surface area contributed by atoms with E-state index >= 15 is 0 Å². The lowest BCUT2D eigenvalue weighted by Gasteiger charge is -2.31. The molecule has 2 N–H and O–H groups in total. The highest BCUT2D eigenvalue weighted by Gasteiger charge is 2.29. The third kappa shape index (κ3) is 5.77. The highest BCUT2D eigenvalue weighted by atomic mass is 16.6. The summed E-state index contributed by atoms with van der Waals surface area (Å²) in [6.45, 7) is 3.61. The van der Waals surface area contributed by atoms with Gasteiger partial charge in [0.2, 0.25) is 0 Å². The Labute approximate surface area is 98.2 Å². The van der Waals surface area contributed by atoms with Crippen LogP contribution in [0.3, 0.4) is 0 Å². The number of rotatable bonds is 10. The maximum Gasteiger partial charge on any atom is 0.114 e. The summed E-state index contributed by atoms with van der Waals surface area (Å²) < 4.78 is 21.1. The van der Waals surface area contributed by atoms with Crippen molar-refractivity contribution in [2.75, 3.05) is 41.2 Å². The van der Waals surface area contributed by atoms with Crippen LogP contribution in [0.15, 0.2) is 0 Å². The quantitative estimate of drug-likeness (QED) is 0.567. The summed E-state index contributed by atoms with van der Waals surface area (Å²) in [7, 11) is 4.90. The molecule has 0 saturated heterocycles. The summed E-state index contributed by atoms with van der Waals surface area (Å²) in [4.78, 5) is 0. The second-order valence-electron chi connectivity index (χ2n) is 3.81. The highest BCUT2D eigenvalue weighted by Crippen LogP contribution is 2.17. The zero-order valence-electron chi connectivity index (χ0n) is 10.8. The molecular formula is C11H25NO4. The predicted octanol–water partition coefficient (Wildman–Crippen LogP) is 0.766. The van der Waals surface area contributed by atoms with Crippen LogP contribution < -0.4 is 5.73 Å². The molecule has 0 aromatic carbocycles. The first-order valence-corrected chi connectivity index (χ1v) is 5.54. The topological polar surface area (TPSA) is 62.9 Å². The van der Waals surface area contributed by atoms with E-state index in [1.165, 1.54) is 0 Å². The van der Waals surface area contributed by atoms with Crippen LogP contribution in [-0.4, -0.2) is 53.0 Å². The van der Waals surface area contributed by atoms with E-state index in [1.54, 1.807) is 21.3 Å². The van der Waals surface area contributed by atoms with Gasteiger partial charge in [0.1, 0.15) is 11.8 Å². The summed E-state index contributed by atoms with van der Waals surface area (Å²) in [6.07, 6.45) is 1.21. The zero-order valence-corrected chi connectivity index (χ0v) is 10.8. The van der Waals surface area contributed by atoms with Gasteiger partial charge in [-0.1, -0.05) is 6.92 Å². The Balaban J connectivity index is 4.08. The molecule has 98 valence electrons. The molecule has 0 aromatic heterocycles. The Morgan fingerprint density at radius 2 is 1.69 bits per heavy atom. The molecule has 1 unspecified atom stereocenters. The van der Waals surface area contributed by atoms with Crippen LogP contribution in [0.4, 0.5) is 0 Å². The van der Waals surface area contributed by atoms with Crippen LogP contribution >= 0.6 is 0 Å². The van der Waals surface area contributed by atoms with E-state index in [1.807, 2.05) is 6.92 Å². The van der Waals surface area contributed by atoms with Crippen LogP contribution in [0.2, 0.25) is 0 Å². The minimum atomic E-state index is -0.378. The molecule has 0 fully saturated rings. The van der Waals surface area contributed by atoms with Gasteiger partial charge in [-0.2, -0.15) is 0 Å². The molecule has 0 bridgehead atoms. The molecule has 0 rings (SSSR count). The van der Waals surface area contributed by atoms with Crippen molar-refractivity contribution >= 4 is 0 Å². The van der Waals surface area contributed by atoms with Crippen LogP contribution in [0.25, 0.3) is 0 Å². The summed E-state index contributed by atoms with van der Waals surface area (Å²) in [5, 5.41) is 0. The van der Waals surface area contributed by atoms with E-state index in [9.17, 15) is 0 Å². The molecule has 0 saturated carbocycles. The largest absolute Gasteiger partial charge is 0.382 e. The first-order valence-electron chi connectivity index (χ1n) is 5.54. The maximum absolute atomic E-state index is 5.82. The summed E-state index contributed by atoms with van der Waals surface area (Å²) in [6, 6.07) is 0. The molecule has 1 atom stereocenters. The van der Waals surface area contributed by atoms with Gasteiger partial charge < -0.3 is 24.7 Å². The number of hydrogen-bond acceptors (Lipinski definition) is 5. The Bertz CT molecular complexity index is 160. The molecule has 0 radical (unpaired) electrons. The SMILES string of the molecule is CCC(COC)(COC)OCCC(N)OC. The van der Waals surface area contributed by atoms with Crippen LogP contribution in [0.1, 0.15) is 19.8 Å². The Morgan fingerprint density at radius 1 is 1.12 bits per heavy atom. The summed E-state index contributed by atoms with van der Waals surface area (Å²) in [5.41, 5.74) is 5.25. The van der Waals surface area contributed by atoms with Crippen molar-refractivity contribution in [3.05, 3.63) is 0 Å². The number of methoxy groups -OCH3 is 3. The van der Waals surface area contributed by atoms with Crippen LogP contribution in [-0.2, 0) is 18.9 Å². The first kappa shape index (κ1) is 15.8. The van der Waals surface area contributed by atoms with Crippen LogP contribution in [0.5, 0.6) is 0 Å². The fourth-order valence-electron chi connectivity index (χ4n) is 1.47. The average Bonchev–Trinajstić information content (AvgIpc) is 2.29. The second kappa shape index (κ2) is 8.90. The second-order valence-corrected chi connectivity index (χ2v) is 3.81. The van der Waals surface area contributed by atoms with E-state index < -0.39 is 0 Å². The predicted molar refractivity (Wildman–Crippen MR) is 62.3 cm³/mol. The standard InChI is InChI=1S/C11H25NO4/c1-5-11(8-13-2,9-14-3)16-7-6-10(12)15-4/h10H,5-9,12H2,1-4H3. The lowest BCUT2D eigenvalue weighted by Crippen LogP contribution is -2.42. The first-order chi connectivity index (χ1) is 7.64. The van der Waals surface area contributed by atoms with Gasteiger partial charge in [0.05, 0.1) is 19.8 Å². The lowest BCUT2D eigenvalue weighted by atomic mass is 10.0. The molecule has 5 heteroatoms. The van der Waals surface area contributed by atoms with E-state index in [0.717, 1.165) is 6.42 Å². The van der Waals surface area contributed by atoms with Crippen molar-refractivity contribution in [2.45, 2.75) is 31.6 Å². The third-order valence-corrected chi connectivity index (χ3v) is 2.57. The maximum atomic E-state index is 5.82. The molecule has 0 aliphatic carbocycles. The van der Waals surface area contributed by atoms with Gasteiger partial charge in [-0.05, 0) is 6.42 Å². The van der Waals surface area contributed by atoms with Gasteiger partial charge in [-0.3, -0.25) is 0 Å². The Hall–Kier alpha value is -0.200. The van der Waals surface area contributed by atoms with E-state index in [0.29, 0.717) is 26.2 Å². The molecular weight excluding hydrogens is 210 g/mol. The van der Waals surface area contributed by atoms with Crippen LogP contribution in [0, 0.1) is 0 Å². The van der Waals surface area contributed by atoms with Crippen molar-refractivity contribution in [2.24, 2.45) is 5.73 Å². The molecule has 5 nitrogen and oxygen atoms in total. The van der Waals surface area contributed by atoms with Crippen molar-refractivity contribution in [3.8, 4) is 0 Å². The monoisotopic (exact) mass is 235 g/mol. The Morgan fingerprint density at radius 3 is 2.06 bits per heavy atom. The normalized spacial score (nSPS) is 14.1. The van der Waals surface area contributed by atoms with E-state index in [-0.39, 0.29) is 11.8 Å². The molecule has 0 spiro atoms. The van der Waals surface area contributed by atoms with Gasteiger partial charge in [0.15, 0.2) is 0 Å². The fourth-order valence-corrected chi connectivity index (χ4v) is 1.47. The molecule has 0 aromatic rings. The summed E-state index contributed by atoms with van der Waals surface area (Å²) >= 11 is 0. The number of hydrogen-bond donors (Lipinski definition) is 1. The highest BCUT2D eigenvalue weighted by molar-refractivity contribution is 4.78. The average molecular weight is 235 g/mol. The molecule has 0 aliphatic rings. The van der Waals surface area contributed by atoms with Gasteiger partial charge in [0, 0.05) is 27.8 Å². The van der Waals surface area contributed by atoms with Gasteiger partial charge in [-0.25, -0.2) is 0 Å². The molecule has 0 amide bonds. The van der Waals surface area contributed by atoms with E-state index in [2.05, 4.69) is 0 Å². The van der Waals surface area contributed by atoms with Gasteiger partial charge in [-0.15, -0.1) is 0 Å². The smallest absolute Gasteiger partial charge is 0.114 e. The summed E-state index contributed by atoms with van der Waals surface area (Å²) in [5.74, 6) is 0. The van der Waals surface area contributed by atoms with Crippen molar-refractivity contribution in [1.82, 2.24) is 0 Å². The minimum Gasteiger partial charge on any atom is -0.382 e. The number of ether oxygens (including phenoxy) is 4. The molecule has 0 heterocycles. The molecule has 16 heavy (non-hydrogen) atoms. The van der Waals surface area contributed by atoms with Gasteiger partial charge in [0.25, 0.3) is 0 Å². The Kier molecular flexibility index (Phi) is 8.78. The minimum absolute atomic E-state index is 0.278. The lowest BCUT2D eigenvalue weighted by molar-refractivity contribution is -0.130.